The Kier molecular flexibility index (Phi) is 6.04. The van der Waals surface area contributed by atoms with Gasteiger partial charge in [0.05, 0.1) is 11.8 Å². The van der Waals surface area contributed by atoms with E-state index in [1.165, 1.54) is 12.8 Å². The van der Waals surface area contributed by atoms with E-state index in [-0.39, 0.29) is 5.91 Å². The number of rotatable bonds is 6. The quantitative estimate of drug-likeness (QED) is 0.659. The fourth-order valence-electron chi connectivity index (χ4n) is 3.31. The molecule has 2 rings (SSSR count). The van der Waals surface area contributed by atoms with Gasteiger partial charge in [0.2, 0.25) is 5.91 Å². The van der Waals surface area contributed by atoms with E-state index in [9.17, 15) is 14.7 Å². The molecule has 1 saturated carbocycles. The molecule has 3 N–H and O–H groups in total. The van der Waals surface area contributed by atoms with Crippen molar-refractivity contribution in [3.63, 3.8) is 0 Å². The van der Waals surface area contributed by atoms with Crippen LogP contribution in [0.4, 0.5) is 0 Å². The molecule has 0 heterocycles. The maximum absolute atomic E-state index is 12.2. The third kappa shape index (κ3) is 4.36. The molecule has 3 unspecified atom stereocenters. The summed E-state index contributed by atoms with van der Waals surface area (Å²) in [7, 11) is 0. The number of hydrazine groups is 1. The summed E-state index contributed by atoms with van der Waals surface area (Å²) in [5.41, 5.74) is 6.48. The molecule has 122 valence electrons. The van der Waals surface area contributed by atoms with Crippen molar-refractivity contribution in [2.75, 3.05) is 0 Å². The van der Waals surface area contributed by atoms with Gasteiger partial charge in [-0.05, 0) is 37.7 Å². The predicted octanol–water partition coefficient (Wildman–Crippen LogP) is 2.76. The maximum Gasteiger partial charge on any atom is 0.307 e. The van der Waals surface area contributed by atoms with Gasteiger partial charge in [-0.2, -0.15) is 0 Å². The van der Waals surface area contributed by atoms with Crippen LogP contribution in [0, 0.1) is 17.8 Å². The van der Waals surface area contributed by atoms with E-state index >= 15 is 0 Å². The van der Waals surface area contributed by atoms with Crippen LogP contribution in [0.1, 0.15) is 51.9 Å². The summed E-state index contributed by atoms with van der Waals surface area (Å²) in [6, 6.07) is 0. The SMILES string of the molecule is CCCC1C=CC(NNC(=O)C2CCCCC2C(=O)O)=CC1. The number of carbonyl (C=O) groups excluding carboxylic acids is 1. The molecule has 0 aromatic rings. The molecular formula is C17H26N2O3. The smallest absolute Gasteiger partial charge is 0.307 e. The lowest BCUT2D eigenvalue weighted by atomic mass is 9.79. The molecule has 5 heteroatoms. The Labute approximate surface area is 131 Å². The fourth-order valence-corrected chi connectivity index (χ4v) is 3.31. The zero-order valence-electron chi connectivity index (χ0n) is 13.2. The molecule has 3 atom stereocenters. The van der Waals surface area contributed by atoms with Gasteiger partial charge in [-0.25, -0.2) is 0 Å². The van der Waals surface area contributed by atoms with E-state index in [1.807, 2.05) is 6.08 Å². The second kappa shape index (κ2) is 8.01. The Morgan fingerprint density at radius 1 is 1.27 bits per heavy atom. The molecule has 0 saturated heterocycles. The van der Waals surface area contributed by atoms with Crippen molar-refractivity contribution in [2.45, 2.75) is 51.9 Å². The van der Waals surface area contributed by atoms with Gasteiger partial charge in [-0.1, -0.05) is 38.3 Å². The largest absolute Gasteiger partial charge is 0.481 e. The van der Waals surface area contributed by atoms with Crippen LogP contribution in [0.2, 0.25) is 0 Å². The third-order valence-electron chi connectivity index (χ3n) is 4.60. The van der Waals surface area contributed by atoms with Crippen LogP contribution >= 0.6 is 0 Å². The number of nitrogens with one attached hydrogen (secondary N) is 2. The Morgan fingerprint density at radius 2 is 2.00 bits per heavy atom. The summed E-state index contributed by atoms with van der Waals surface area (Å²) < 4.78 is 0. The van der Waals surface area contributed by atoms with Crippen LogP contribution in [-0.4, -0.2) is 17.0 Å². The lowest BCUT2D eigenvalue weighted by Crippen LogP contribution is -2.45. The van der Waals surface area contributed by atoms with Crippen molar-refractivity contribution in [1.82, 2.24) is 10.9 Å². The Hall–Kier alpha value is -1.78. The van der Waals surface area contributed by atoms with Crippen molar-refractivity contribution in [3.05, 3.63) is 23.9 Å². The normalized spacial score (nSPS) is 27.9. The number of amides is 1. The topological polar surface area (TPSA) is 78.4 Å². The second-order valence-corrected chi connectivity index (χ2v) is 6.25. The molecule has 0 radical (unpaired) electrons. The standard InChI is InChI=1S/C17H26N2O3/c1-2-5-12-8-10-13(11-9-12)18-19-16(20)14-6-3-4-7-15(14)17(21)22/h8,10-12,14-15,18H,2-7,9H2,1H3,(H,19,20)(H,21,22). The fraction of sp³-hybridized carbons (Fsp3) is 0.647. The molecule has 0 bridgehead atoms. The number of hydrogen-bond donors (Lipinski definition) is 3. The second-order valence-electron chi connectivity index (χ2n) is 6.25. The monoisotopic (exact) mass is 306 g/mol. The highest BCUT2D eigenvalue weighted by Crippen LogP contribution is 2.30. The summed E-state index contributed by atoms with van der Waals surface area (Å²) in [6.45, 7) is 2.18. The lowest BCUT2D eigenvalue weighted by Gasteiger charge is -2.27. The van der Waals surface area contributed by atoms with E-state index in [1.54, 1.807) is 0 Å². The number of hydrogen-bond acceptors (Lipinski definition) is 3. The Balaban J connectivity index is 1.82. The van der Waals surface area contributed by atoms with Gasteiger partial charge in [0, 0.05) is 5.70 Å². The molecule has 0 aliphatic heterocycles. The van der Waals surface area contributed by atoms with Gasteiger partial charge in [0.1, 0.15) is 0 Å². The van der Waals surface area contributed by atoms with E-state index < -0.39 is 17.8 Å². The maximum atomic E-state index is 12.2. The Bertz CT molecular complexity index is 471. The number of aliphatic carboxylic acids is 1. The van der Waals surface area contributed by atoms with E-state index in [0.29, 0.717) is 18.8 Å². The van der Waals surface area contributed by atoms with Crippen molar-refractivity contribution in [1.29, 1.82) is 0 Å². The first-order valence-corrected chi connectivity index (χ1v) is 8.28. The van der Waals surface area contributed by atoms with Crippen molar-refractivity contribution < 1.29 is 14.7 Å². The van der Waals surface area contributed by atoms with E-state index in [2.05, 4.69) is 29.9 Å². The average molecular weight is 306 g/mol. The van der Waals surface area contributed by atoms with E-state index in [0.717, 1.165) is 25.0 Å². The first-order chi connectivity index (χ1) is 10.6. The molecule has 1 amide bonds. The van der Waals surface area contributed by atoms with Crippen LogP contribution < -0.4 is 10.9 Å². The van der Waals surface area contributed by atoms with Gasteiger partial charge in [-0.3, -0.25) is 20.4 Å². The molecule has 5 nitrogen and oxygen atoms in total. The zero-order chi connectivity index (χ0) is 15.9. The molecule has 2 aliphatic rings. The molecule has 0 aromatic carbocycles. The van der Waals surface area contributed by atoms with E-state index in [4.69, 9.17) is 0 Å². The molecule has 0 aromatic heterocycles. The minimum atomic E-state index is -0.862. The molecule has 1 fully saturated rings. The summed E-state index contributed by atoms with van der Waals surface area (Å²) in [4.78, 5) is 23.5. The summed E-state index contributed by atoms with van der Waals surface area (Å²) in [6.07, 6.45) is 12.6. The molecule has 22 heavy (non-hydrogen) atoms. The minimum absolute atomic E-state index is 0.211. The number of carboxylic acids is 1. The van der Waals surface area contributed by atoms with Gasteiger partial charge < -0.3 is 5.11 Å². The molecule has 2 aliphatic carbocycles. The number of carboxylic acid groups (broad SMARTS) is 1. The van der Waals surface area contributed by atoms with Gasteiger partial charge in [-0.15, -0.1) is 0 Å². The first-order valence-electron chi connectivity index (χ1n) is 8.28. The predicted molar refractivity (Wildman–Crippen MR) is 84.6 cm³/mol. The highest BCUT2D eigenvalue weighted by atomic mass is 16.4. The summed E-state index contributed by atoms with van der Waals surface area (Å²) >= 11 is 0. The van der Waals surface area contributed by atoms with Gasteiger partial charge in [0.25, 0.3) is 0 Å². The Morgan fingerprint density at radius 3 is 2.59 bits per heavy atom. The highest BCUT2D eigenvalue weighted by Gasteiger charge is 2.35. The van der Waals surface area contributed by atoms with Gasteiger partial charge >= 0.3 is 5.97 Å². The zero-order valence-corrected chi connectivity index (χ0v) is 13.2. The van der Waals surface area contributed by atoms with Gasteiger partial charge in [0.15, 0.2) is 0 Å². The number of allylic oxidation sites excluding steroid dienone is 3. The van der Waals surface area contributed by atoms with Crippen LogP contribution in [0.15, 0.2) is 23.9 Å². The van der Waals surface area contributed by atoms with Crippen molar-refractivity contribution in [2.24, 2.45) is 17.8 Å². The minimum Gasteiger partial charge on any atom is -0.481 e. The first kappa shape index (κ1) is 16.6. The molecular weight excluding hydrogens is 280 g/mol. The van der Waals surface area contributed by atoms with Crippen molar-refractivity contribution >= 4 is 11.9 Å². The van der Waals surface area contributed by atoms with Crippen LogP contribution in [-0.2, 0) is 9.59 Å². The summed E-state index contributed by atoms with van der Waals surface area (Å²) in [5, 5.41) is 9.23. The van der Waals surface area contributed by atoms with Crippen LogP contribution in [0.5, 0.6) is 0 Å². The molecule has 0 spiro atoms. The average Bonchev–Trinajstić information content (AvgIpc) is 2.54. The lowest BCUT2D eigenvalue weighted by molar-refractivity contribution is -0.149. The van der Waals surface area contributed by atoms with Crippen LogP contribution in [0.3, 0.4) is 0 Å². The third-order valence-corrected chi connectivity index (χ3v) is 4.60. The van der Waals surface area contributed by atoms with Crippen LogP contribution in [0.25, 0.3) is 0 Å². The summed E-state index contributed by atoms with van der Waals surface area (Å²) in [5.74, 6) is -1.47. The van der Waals surface area contributed by atoms with Crippen molar-refractivity contribution in [3.8, 4) is 0 Å². The highest BCUT2D eigenvalue weighted by molar-refractivity contribution is 5.84. The number of carbonyl (C=O) groups is 2.